The Morgan fingerprint density at radius 2 is 2.20 bits per heavy atom. The molecular formula is C9H15N3O2S. The first-order chi connectivity index (χ1) is 6.99. The van der Waals surface area contributed by atoms with Gasteiger partial charge in [0.2, 0.25) is 5.13 Å². The summed E-state index contributed by atoms with van der Waals surface area (Å²) in [6.07, 6.45) is 0.577. The molecule has 1 heterocycles. The second kappa shape index (κ2) is 5.06. The molecule has 0 aliphatic rings. The Bertz CT molecular complexity index is 338. The molecule has 1 atom stereocenters. The van der Waals surface area contributed by atoms with E-state index in [4.69, 9.17) is 5.11 Å². The zero-order valence-electron chi connectivity index (χ0n) is 9.02. The monoisotopic (exact) mass is 229 g/mol. The van der Waals surface area contributed by atoms with Crippen LogP contribution in [0, 0.1) is 12.8 Å². The number of carbonyl (C=O) groups is 1. The lowest BCUT2D eigenvalue weighted by Crippen LogP contribution is -2.30. The molecule has 1 rings (SSSR count). The van der Waals surface area contributed by atoms with E-state index in [-0.39, 0.29) is 0 Å². The van der Waals surface area contributed by atoms with Gasteiger partial charge in [-0.15, -0.1) is 10.2 Å². The van der Waals surface area contributed by atoms with E-state index in [9.17, 15) is 4.79 Å². The van der Waals surface area contributed by atoms with E-state index < -0.39 is 12.0 Å². The number of carboxylic acid groups (broad SMARTS) is 1. The minimum atomic E-state index is -0.850. The third kappa shape index (κ3) is 3.83. The fourth-order valence-electron chi connectivity index (χ4n) is 1.20. The van der Waals surface area contributed by atoms with Gasteiger partial charge in [-0.05, 0) is 19.3 Å². The lowest BCUT2D eigenvalue weighted by atomic mass is 10.0. The van der Waals surface area contributed by atoms with Crippen molar-refractivity contribution in [2.45, 2.75) is 33.2 Å². The number of nitrogens with one attached hydrogen (secondary N) is 1. The van der Waals surface area contributed by atoms with Crippen molar-refractivity contribution < 1.29 is 9.90 Å². The Balaban J connectivity index is 2.62. The molecule has 0 bridgehead atoms. The normalized spacial score (nSPS) is 12.8. The summed E-state index contributed by atoms with van der Waals surface area (Å²) in [6, 6.07) is -0.586. The van der Waals surface area contributed by atoms with Gasteiger partial charge in [-0.3, -0.25) is 0 Å². The van der Waals surface area contributed by atoms with E-state index >= 15 is 0 Å². The highest BCUT2D eigenvalue weighted by Gasteiger charge is 2.19. The summed E-state index contributed by atoms with van der Waals surface area (Å²) in [7, 11) is 0. The van der Waals surface area contributed by atoms with Crippen molar-refractivity contribution >= 4 is 22.4 Å². The highest BCUT2D eigenvalue weighted by molar-refractivity contribution is 7.15. The molecule has 6 heteroatoms. The van der Waals surface area contributed by atoms with E-state index in [1.54, 1.807) is 0 Å². The summed E-state index contributed by atoms with van der Waals surface area (Å²) < 4.78 is 0. The number of hydrogen-bond acceptors (Lipinski definition) is 5. The van der Waals surface area contributed by atoms with Crippen LogP contribution in [0.25, 0.3) is 0 Å². The van der Waals surface area contributed by atoms with Crippen LogP contribution in [0.5, 0.6) is 0 Å². The summed E-state index contributed by atoms with van der Waals surface area (Å²) in [5.41, 5.74) is 0. The van der Waals surface area contributed by atoms with Gasteiger partial charge in [0.1, 0.15) is 11.0 Å². The highest BCUT2D eigenvalue weighted by Crippen LogP contribution is 2.17. The van der Waals surface area contributed by atoms with Crippen LogP contribution >= 0.6 is 11.3 Å². The summed E-state index contributed by atoms with van der Waals surface area (Å²) in [4.78, 5) is 10.9. The van der Waals surface area contributed by atoms with Crippen molar-refractivity contribution in [3.8, 4) is 0 Å². The average Bonchev–Trinajstić information content (AvgIpc) is 2.49. The maximum atomic E-state index is 10.9. The first-order valence-electron chi connectivity index (χ1n) is 4.78. The number of nitrogens with zero attached hydrogens (tertiary/aromatic N) is 2. The number of aromatic nitrogens is 2. The fraction of sp³-hybridized carbons (Fsp3) is 0.667. The first-order valence-corrected chi connectivity index (χ1v) is 5.60. The SMILES string of the molecule is Cc1nnc(N[C@H](CC(C)C)C(=O)O)s1. The Morgan fingerprint density at radius 3 is 2.60 bits per heavy atom. The van der Waals surface area contributed by atoms with Crippen LogP contribution in [0.15, 0.2) is 0 Å². The molecule has 84 valence electrons. The third-order valence-corrected chi connectivity index (χ3v) is 2.60. The van der Waals surface area contributed by atoms with Crippen LogP contribution in [0.3, 0.4) is 0 Å². The summed E-state index contributed by atoms with van der Waals surface area (Å²) in [6.45, 7) is 5.81. The average molecular weight is 229 g/mol. The standard InChI is InChI=1S/C9H15N3O2S/c1-5(2)4-7(8(13)14)10-9-12-11-6(3)15-9/h5,7H,4H2,1-3H3,(H,10,12)(H,13,14)/t7-/m1/s1. The van der Waals surface area contributed by atoms with Crippen molar-refractivity contribution in [3.05, 3.63) is 5.01 Å². The summed E-state index contributed by atoms with van der Waals surface area (Å²) in [5, 5.41) is 20.9. The van der Waals surface area contributed by atoms with Crippen LogP contribution in [0.1, 0.15) is 25.3 Å². The molecule has 0 saturated heterocycles. The number of aryl methyl sites for hydroxylation is 1. The van der Waals surface area contributed by atoms with E-state index in [2.05, 4.69) is 15.5 Å². The van der Waals surface area contributed by atoms with Crippen molar-refractivity contribution in [1.29, 1.82) is 0 Å². The maximum Gasteiger partial charge on any atom is 0.326 e. The third-order valence-electron chi connectivity index (χ3n) is 1.83. The second-order valence-electron chi connectivity index (χ2n) is 3.79. The lowest BCUT2D eigenvalue weighted by Gasteiger charge is -2.14. The van der Waals surface area contributed by atoms with Crippen LogP contribution in [0.2, 0.25) is 0 Å². The molecule has 0 aromatic carbocycles. The minimum absolute atomic E-state index is 0.326. The molecule has 2 N–H and O–H groups in total. The van der Waals surface area contributed by atoms with E-state index in [0.717, 1.165) is 5.01 Å². The van der Waals surface area contributed by atoms with Gasteiger partial charge in [-0.25, -0.2) is 4.79 Å². The van der Waals surface area contributed by atoms with Crippen LogP contribution in [0.4, 0.5) is 5.13 Å². The number of hydrogen-bond donors (Lipinski definition) is 2. The van der Waals surface area contributed by atoms with E-state index in [1.165, 1.54) is 11.3 Å². The van der Waals surface area contributed by atoms with Gasteiger partial charge in [-0.1, -0.05) is 25.2 Å². The lowest BCUT2D eigenvalue weighted by molar-refractivity contribution is -0.138. The smallest absolute Gasteiger partial charge is 0.326 e. The quantitative estimate of drug-likeness (QED) is 0.804. The summed E-state index contributed by atoms with van der Waals surface area (Å²) >= 11 is 1.36. The Hall–Kier alpha value is -1.17. The molecule has 5 nitrogen and oxygen atoms in total. The van der Waals surface area contributed by atoms with Crippen molar-refractivity contribution in [1.82, 2.24) is 10.2 Å². The molecule has 0 aliphatic heterocycles. The maximum absolute atomic E-state index is 10.9. The Kier molecular flexibility index (Phi) is 4.02. The molecule has 0 spiro atoms. The molecule has 0 saturated carbocycles. The molecule has 15 heavy (non-hydrogen) atoms. The van der Waals surface area contributed by atoms with Gasteiger partial charge in [0.15, 0.2) is 0 Å². The van der Waals surface area contributed by atoms with Gasteiger partial charge in [0, 0.05) is 0 Å². The summed E-state index contributed by atoms with van der Waals surface area (Å²) in [5.74, 6) is -0.524. The molecule has 1 aromatic rings. The topological polar surface area (TPSA) is 75.1 Å². The van der Waals surface area contributed by atoms with Crippen LogP contribution < -0.4 is 5.32 Å². The largest absolute Gasteiger partial charge is 0.480 e. The van der Waals surface area contributed by atoms with Crippen LogP contribution in [-0.2, 0) is 4.79 Å². The molecule has 0 aliphatic carbocycles. The number of rotatable bonds is 5. The predicted octanol–water partition coefficient (Wildman–Crippen LogP) is 1.76. The van der Waals surface area contributed by atoms with Gasteiger partial charge in [-0.2, -0.15) is 0 Å². The molecule has 0 unspecified atom stereocenters. The Labute approximate surface area is 92.5 Å². The molecule has 0 amide bonds. The molecule has 0 radical (unpaired) electrons. The molecular weight excluding hydrogens is 214 g/mol. The predicted molar refractivity (Wildman–Crippen MR) is 59.1 cm³/mol. The van der Waals surface area contributed by atoms with Gasteiger partial charge in [0.25, 0.3) is 0 Å². The van der Waals surface area contributed by atoms with Crippen molar-refractivity contribution in [2.75, 3.05) is 5.32 Å². The second-order valence-corrected chi connectivity index (χ2v) is 4.97. The Morgan fingerprint density at radius 1 is 1.53 bits per heavy atom. The number of aliphatic carboxylic acids is 1. The minimum Gasteiger partial charge on any atom is -0.480 e. The van der Waals surface area contributed by atoms with E-state index in [1.807, 2.05) is 20.8 Å². The van der Waals surface area contributed by atoms with Crippen LogP contribution in [-0.4, -0.2) is 27.3 Å². The number of carboxylic acids is 1. The van der Waals surface area contributed by atoms with Crippen molar-refractivity contribution in [2.24, 2.45) is 5.92 Å². The van der Waals surface area contributed by atoms with Crippen molar-refractivity contribution in [3.63, 3.8) is 0 Å². The van der Waals surface area contributed by atoms with Gasteiger partial charge in [0.05, 0.1) is 0 Å². The zero-order chi connectivity index (χ0) is 11.4. The van der Waals surface area contributed by atoms with E-state index in [0.29, 0.717) is 17.5 Å². The number of anilines is 1. The molecule has 1 aromatic heterocycles. The zero-order valence-corrected chi connectivity index (χ0v) is 9.84. The van der Waals surface area contributed by atoms with Gasteiger partial charge >= 0.3 is 5.97 Å². The molecule has 0 fully saturated rings. The highest BCUT2D eigenvalue weighted by atomic mass is 32.1. The fourth-order valence-corrected chi connectivity index (χ4v) is 1.84. The van der Waals surface area contributed by atoms with Gasteiger partial charge < -0.3 is 10.4 Å². The first kappa shape index (κ1) is 11.9.